The maximum Gasteiger partial charge on any atom is 0.417 e. The highest BCUT2D eigenvalue weighted by atomic mass is 79.9. The molecule has 1 heterocycles. The highest BCUT2D eigenvalue weighted by Gasteiger charge is 2.33. The maximum atomic E-state index is 12.7. The molecule has 0 atom stereocenters. The van der Waals surface area contributed by atoms with E-state index in [2.05, 4.69) is 37.2 Å². The monoisotopic (exact) mass is 413 g/mol. The summed E-state index contributed by atoms with van der Waals surface area (Å²) in [5, 5.41) is 2.98. The molecule has 7 heteroatoms. The normalized spacial score (nSPS) is 11.6. The van der Waals surface area contributed by atoms with E-state index < -0.39 is 11.7 Å². The largest absolute Gasteiger partial charge is 0.417 e. The van der Waals surface area contributed by atoms with Crippen LogP contribution in [0.15, 0.2) is 38.6 Å². The first-order valence-corrected chi connectivity index (χ1v) is 7.61. The predicted octanol–water partition coefficient (Wildman–Crippen LogP) is 5.90. The van der Waals surface area contributed by atoms with Crippen LogP contribution in [0.5, 0.6) is 0 Å². The van der Waals surface area contributed by atoms with Gasteiger partial charge in [0.1, 0.15) is 0 Å². The molecule has 1 N–H and O–H groups in total. The zero-order valence-electron chi connectivity index (χ0n) is 9.39. The third-order valence-electron chi connectivity index (χ3n) is 2.37. The second kappa shape index (κ2) is 5.85. The van der Waals surface area contributed by atoms with Crippen LogP contribution in [0.2, 0.25) is 0 Å². The fourth-order valence-electron chi connectivity index (χ4n) is 1.49. The number of thiophene rings is 1. The van der Waals surface area contributed by atoms with Crippen LogP contribution in [0.1, 0.15) is 10.4 Å². The van der Waals surface area contributed by atoms with Gasteiger partial charge in [0.2, 0.25) is 0 Å². The summed E-state index contributed by atoms with van der Waals surface area (Å²) in [7, 11) is 0. The summed E-state index contributed by atoms with van der Waals surface area (Å²) in [6, 6.07) is 7.94. The molecular weight excluding hydrogens is 407 g/mol. The van der Waals surface area contributed by atoms with Crippen LogP contribution in [-0.4, -0.2) is 0 Å². The van der Waals surface area contributed by atoms with Gasteiger partial charge in [-0.05, 0) is 46.3 Å². The Hall–Kier alpha value is -0.530. The quantitative estimate of drug-likeness (QED) is 0.658. The van der Waals surface area contributed by atoms with Crippen molar-refractivity contribution in [2.75, 3.05) is 5.32 Å². The number of nitrogens with one attached hydrogen (secondary N) is 1. The van der Waals surface area contributed by atoms with Gasteiger partial charge in [-0.25, -0.2) is 0 Å². The number of hydrogen-bond donors (Lipinski definition) is 1. The molecule has 2 aromatic rings. The molecule has 1 aromatic heterocycles. The second-order valence-corrected chi connectivity index (χ2v) is 7.15. The molecule has 0 saturated carbocycles. The smallest absolute Gasteiger partial charge is 0.380 e. The summed E-state index contributed by atoms with van der Waals surface area (Å²) in [6.45, 7) is 0.495. The van der Waals surface area contributed by atoms with Crippen molar-refractivity contribution in [1.82, 2.24) is 0 Å². The number of anilines is 1. The van der Waals surface area contributed by atoms with Crippen LogP contribution in [-0.2, 0) is 12.7 Å². The molecule has 2 rings (SSSR count). The van der Waals surface area contributed by atoms with Crippen molar-refractivity contribution in [2.24, 2.45) is 0 Å². The SMILES string of the molecule is FC(F)(F)c1cc(NCc2ccc(Br)s2)ccc1Br. The van der Waals surface area contributed by atoms with E-state index in [0.717, 1.165) is 14.7 Å². The van der Waals surface area contributed by atoms with E-state index in [4.69, 9.17) is 0 Å². The zero-order valence-corrected chi connectivity index (χ0v) is 13.4. The Bertz CT molecular complexity index is 581. The first-order valence-electron chi connectivity index (χ1n) is 5.21. The van der Waals surface area contributed by atoms with Gasteiger partial charge >= 0.3 is 6.18 Å². The lowest BCUT2D eigenvalue weighted by Crippen LogP contribution is -2.07. The van der Waals surface area contributed by atoms with Crippen molar-refractivity contribution < 1.29 is 13.2 Å². The van der Waals surface area contributed by atoms with E-state index in [1.54, 1.807) is 17.4 Å². The van der Waals surface area contributed by atoms with Crippen molar-refractivity contribution in [3.05, 3.63) is 49.0 Å². The summed E-state index contributed by atoms with van der Waals surface area (Å²) in [4.78, 5) is 1.04. The van der Waals surface area contributed by atoms with Crippen LogP contribution in [0, 0.1) is 0 Å². The molecule has 1 aromatic carbocycles. The maximum absolute atomic E-state index is 12.7. The highest BCUT2D eigenvalue weighted by Crippen LogP contribution is 2.36. The molecule has 0 radical (unpaired) electrons. The van der Waals surface area contributed by atoms with Crippen molar-refractivity contribution in [3.63, 3.8) is 0 Å². The Morgan fingerprint density at radius 1 is 1.11 bits per heavy atom. The molecule has 0 fully saturated rings. The van der Waals surface area contributed by atoms with Gasteiger partial charge in [0, 0.05) is 21.6 Å². The molecule has 0 bridgehead atoms. The van der Waals surface area contributed by atoms with Crippen LogP contribution in [0.4, 0.5) is 18.9 Å². The van der Waals surface area contributed by atoms with E-state index >= 15 is 0 Å². The molecular formula is C12H8Br2F3NS. The summed E-state index contributed by atoms with van der Waals surface area (Å²) in [5.74, 6) is 0. The van der Waals surface area contributed by atoms with Crippen LogP contribution in [0.25, 0.3) is 0 Å². The number of rotatable bonds is 3. The number of alkyl halides is 3. The Morgan fingerprint density at radius 3 is 2.42 bits per heavy atom. The molecule has 19 heavy (non-hydrogen) atoms. The first-order chi connectivity index (χ1) is 8.86. The minimum absolute atomic E-state index is 0.0458. The van der Waals surface area contributed by atoms with Gasteiger partial charge in [0.05, 0.1) is 9.35 Å². The lowest BCUT2D eigenvalue weighted by atomic mass is 10.2. The third-order valence-corrected chi connectivity index (χ3v) is 4.68. The number of halogens is 5. The van der Waals surface area contributed by atoms with E-state index in [1.807, 2.05) is 12.1 Å². The van der Waals surface area contributed by atoms with E-state index in [0.29, 0.717) is 12.2 Å². The van der Waals surface area contributed by atoms with Gasteiger partial charge in [0.25, 0.3) is 0 Å². The molecule has 0 unspecified atom stereocenters. The van der Waals surface area contributed by atoms with Crippen molar-refractivity contribution in [1.29, 1.82) is 0 Å². The molecule has 1 nitrogen and oxygen atoms in total. The standard InChI is InChI=1S/C12H8Br2F3NS/c13-10-3-1-7(5-9(10)12(15,16)17)18-6-8-2-4-11(14)19-8/h1-5,18H,6H2. The third kappa shape index (κ3) is 3.97. The zero-order chi connectivity index (χ0) is 14.0. The van der Waals surface area contributed by atoms with Gasteiger partial charge in [-0.2, -0.15) is 13.2 Å². The first kappa shape index (κ1) is 14.9. The molecule has 0 saturated heterocycles. The second-order valence-electron chi connectivity index (χ2n) is 3.75. The number of hydrogen-bond acceptors (Lipinski definition) is 2. The lowest BCUT2D eigenvalue weighted by molar-refractivity contribution is -0.138. The van der Waals surface area contributed by atoms with E-state index in [9.17, 15) is 13.2 Å². The molecule has 102 valence electrons. The average Bonchev–Trinajstić information content (AvgIpc) is 2.72. The van der Waals surface area contributed by atoms with Gasteiger partial charge < -0.3 is 5.32 Å². The van der Waals surface area contributed by atoms with E-state index in [1.165, 1.54) is 6.07 Å². The van der Waals surface area contributed by atoms with Crippen molar-refractivity contribution >= 4 is 48.9 Å². The average molecular weight is 415 g/mol. The van der Waals surface area contributed by atoms with Gasteiger partial charge in [0.15, 0.2) is 0 Å². The summed E-state index contributed by atoms with van der Waals surface area (Å²) < 4.78 is 39.2. The summed E-state index contributed by atoms with van der Waals surface area (Å²) in [6.07, 6.45) is -4.36. The molecule has 0 spiro atoms. The Labute approximate surface area is 129 Å². The molecule has 0 aliphatic carbocycles. The lowest BCUT2D eigenvalue weighted by Gasteiger charge is -2.12. The Balaban J connectivity index is 2.13. The predicted molar refractivity (Wildman–Crippen MR) is 78.5 cm³/mol. The highest BCUT2D eigenvalue weighted by molar-refractivity contribution is 9.11. The van der Waals surface area contributed by atoms with Gasteiger partial charge in [-0.3, -0.25) is 0 Å². The molecule has 0 amide bonds. The van der Waals surface area contributed by atoms with Crippen molar-refractivity contribution in [3.8, 4) is 0 Å². The minimum Gasteiger partial charge on any atom is -0.380 e. The minimum atomic E-state index is -4.36. The van der Waals surface area contributed by atoms with Gasteiger partial charge in [-0.15, -0.1) is 11.3 Å². The Morgan fingerprint density at radius 2 is 1.84 bits per heavy atom. The summed E-state index contributed by atoms with van der Waals surface area (Å²) >= 11 is 7.80. The Kier molecular flexibility index (Phi) is 4.58. The van der Waals surface area contributed by atoms with Crippen LogP contribution in [0.3, 0.4) is 0 Å². The van der Waals surface area contributed by atoms with Gasteiger partial charge in [-0.1, -0.05) is 15.9 Å². The van der Waals surface area contributed by atoms with E-state index in [-0.39, 0.29) is 4.47 Å². The topological polar surface area (TPSA) is 12.0 Å². The van der Waals surface area contributed by atoms with Crippen LogP contribution >= 0.6 is 43.2 Å². The van der Waals surface area contributed by atoms with Crippen molar-refractivity contribution in [2.45, 2.75) is 12.7 Å². The number of benzene rings is 1. The van der Waals surface area contributed by atoms with Crippen LogP contribution < -0.4 is 5.32 Å². The summed E-state index contributed by atoms with van der Waals surface area (Å²) in [5.41, 5.74) is -0.232. The fourth-order valence-corrected chi connectivity index (χ4v) is 3.38. The molecule has 0 aliphatic rings. The molecule has 0 aliphatic heterocycles. The fraction of sp³-hybridized carbons (Fsp3) is 0.167.